The molecule has 0 bridgehead atoms. The van der Waals surface area contributed by atoms with Gasteiger partial charge in [0, 0.05) is 5.56 Å². The number of fused-ring (bicyclic) bond motifs is 1. The molecule has 0 saturated heterocycles. The Labute approximate surface area is 192 Å². The normalized spacial score (nSPS) is 11.5. The van der Waals surface area contributed by atoms with Gasteiger partial charge in [-0.1, -0.05) is 68.4 Å². The molecule has 0 saturated carbocycles. The highest BCUT2D eigenvalue weighted by Gasteiger charge is 2.16. The molecule has 1 heterocycles. The van der Waals surface area contributed by atoms with E-state index < -0.39 is 0 Å². The smallest absolute Gasteiger partial charge is 0.165 e. The van der Waals surface area contributed by atoms with Gasteiger partial charge in [-0.05, 0) is 59.2 Å². The van der Waals surface area contributed by atoms with Gasteiger partial charge < -0.3 is 0 Å². The van der Waals surface area contributed by atoms with Crippen molar-refractivity contribution in [2.45, 2.75) is 33.6 Å². The third kappa shape index (κ3) is 3.94. The molecule has 0 amide bonds. The summed E-state index contributed by atoms with van der Waals surface area (Å²) in [6.07, 6.45) is 2.15. The third-order valence-electron chi connectivity index (χ3n) is 5.68. The number of hydrogen-bond acceptors (Lipinski definition) is 4. The number of thiazole rings is 1. The van der Waals surface area contributed by atoms with Crippen LogP contribution in [0, 0.1) is 36.5 Å². The van der Waals surface area contributed by atoms with Crippen molar-refractivity contribution in [3.05, 3.63) is 86.0 Å². The first-order valence-corrected chi connectivity index (χ1v) is 11.4. The van der Waals surface area contributed by atoms with E-state index in [1.165, 1.54) is 39.2 Å². The van der Waals surface area contributed by atoms with Gasteiger partial charge in [0.25, 0.3) is 0 Å². The van der Waals surface area contributed by atoms with Gasteiger partial charge >= 0.3 is 0 Å². The van der Waals surface area contributed by atoms with Gasteiger partial charge in [-0.15, -0.1) is 11.3 Å². The number of hydrogen-bond donors (Lipinski definition) is 0. The molecular weight excluding hydrogens is 410 g/mol. The maximum absolute atomic E-state index is 9.37. The first kappa shape index (κ1) is 21.5. The first-order valence-electron chi connectivity index (χ1n) is 10.5. The second kappa shape index (κ2) is 8.79. The van der Waals surface area contributed by atoms with E-state index in [9.17, 15) is 10.5 Å². The van der Waals surface area contributed by atoms with Crippen LogP contribution < -0.4 is 9.20 Å². The third-order valence-corrected chi connectivity index (χ3v) is 6.70. The Hall–Kier alpha value is -3.73. The molecule has 0 radical (unpaired) electrons. The lowest BCUT2D eigenvalue weighted by Gasteiger charge is -2.04. The van der Waals surface area contributed by atoms with E-state index in [0.29, 0.717) is 10.6 Å². The van der Waals surface area contributed by atoms with Crippen molar-refractivity contribution in [1.82, 2.24) is 4.98 Å². The SMILES string of the molecule is Cc1cc(/C=c2\sc(=C(C#N)C#N)nc2-c2ccccc2)c2c(C)ccc(C(C)C)cc1-2. The van der Waals surface area contributed by atoms with Gasteiger partial charge in [0.05, 0.1) is 10.2 Å². The average Bonchev–Trinajstić information content (AvgIpc) is 3.26. The topological polar surface area (TPSA) is 60.5 Å². The molecule has 3 nitrogen and oxygen atoms in total. The fraction of sp³-hybridized carbons (Fsp3) is 0.179. The van der Waals surface area contributed by atoms with E-state index in [2.05, 4.69) is 63.0 Å². The van der Waals surface area contributed by atoms with Crippen LogP contribution in [0.4, 0.5) is 0 Å². The molecule has 0 N–H and O–H groups in total. The van der Waals surface area contributed by atoms with E-state index in [0.717, 1.165) is 21.4 Å². The predicted octanol–water partition coefficient (Wildman–Crippen LogP) is 5.68. The minimum atomic E-state index is 0.0412. The van der Waals surface area contributed by atoms with Crippen molar-refractivity contribution in [2.24, 2.45) is 0 Å². The van der Waals surface area contributed by atoms with Gasteiger partial charge in [0.1, 0.15) is 16.8 Å². The fourth-order valence-electron chi connectivity index (χ4n) is 3.96. The largest absolute Gasteiger partial charge is 0.234 e. The van der Waals surface area contributed by atoms with E-state index >= 15 is 0 Å². The standard InChI is InChI=1S/C28H23N3S/c1-17(2)21-11-10-18(3)26-22(12-19(4)24(26)13-21)14-25-27(20-8-6-5-7-9-20)31-28(32-25)23(15-29)16-30/h5-14,17H,1-4H3/b25-14-. The van der Waals surface area contributed by atoms with E-state index in [1.54, 1.807) is 0 Å². The Bertz CT molecular complexity index is 1460. The van der Waals surface area contributed by atoms with E-state index in [4.69, 9.17) is 0 Å². The minimum absolute atomic E-state index is 0.0412. The summed E-state index contributed by atoms with van der Waals surface area (Å²) in [7, 11) is 0. The zero-order valence-corrected chi connectivity index (χ0v) is 19.4. The Morgan fingerprint density at radius 2 is 1.69 bits per heavy atom. The van der Waals surface area contributed by atoms with Crippen molar-refractivity contribution in [1.29, 1.82) is 10.5 Å². The molecule has 0 fully saturated rings. The molecule has 156 valence electrons. The highest BCUT2D eigenvalue weighted by molar-refractivity contribution is 7.08. The van der Waals surface area contributed by atoms with Crippen molar-refractivity contribution in [2.75, 3.05) is 0 Å². The molecule has 32 heavy (non-hydrogen) atoms. The lowest BCUT2D eigenvalue weighted by Crippen LogP contribution is -2.01. The summed E-state index contributed by atoms with van der Waals surface area (Å²) in [5.41, 5.74) is 9.19. The maximum atomic E-state index is 9.37. The van der Waals surface area contributed by atoms with Gasteiger partial charge in [0.2, 0.25) is 0 Å². The van der Waals surface area contributed by atoms with Gasteiger partial charge in [0.15, 0.2) is 5.57 Å². The molecule has 1 aromatic heterocycles. The summed E-state index contributed by atoms with van der Waals surface area (Å²) in [5.74, 6) is 0.450. The molecule has 0 aliphatic heterocycles. The van der Waals surface area contributed by atoms with Crippen LogP contribution >= 0.6 is 11.3 Å². The van der Waals surface area contributed by atoms with Crippen LogP contribution in [0.2, 0.25) is 0 Å². The van der Waals surface area contributed by atoms with Crippen LogP contribution in [0.1, 0.15) is 42.0 Å². The van der Waals surface area contributed by atoms with Crippen LogP contribution in [-0.2, 0) is 0 Å². The Morgan fingerprint density at radius 3 is 2.34 bits per heavy atom. The monoisotopic (exact) mass is 433 g/mol. The Balaban J connectivity index is 2.03. The van der Waals surface area contributed by atoms with Gasteiger partial charge in [-0.25, -0.2) is 4.98 Å². The average molecular weight is 434 g/mol. The second-order valence-electron chi connectivity index (χ2n) is 8.23. The second-order valence-corrected chi connectivity index (χ2v) is 9.26. The van der Waals surface area contributed by atoms with Crippen LogP contribution in [0.15, 0.2) is 54.6 Å². The van der Waals surface area contributed by atoms with Crippen LogP contribution in [0.25, 0.3) is 34.0 Å². The van der Waals surface area contributed by atoms with Gasteiger partial charge in [-0.2, -0.15) is 10.5 Å². The molecule has 1 aromatic carbocycles. The molecule has 2 aliphatic rings. The molecular formula is C28H23N3S. The highest BCUT2D eigenvalue weighted by atomic mass is 32.1. The highest BCUT2D eigenvalue weighted by Crippen LogP contribution is 2.36. The summed E-state index contributed by atoms with van der Waals surface area (Å²) in [6.45, 7) is 8.73. The van der Waals surface area contributed by atoms with Gasteiger partial charge in [-0.3, -0.25) is 0 Å². The summed E-state index contributed by atoms with van der Waals surface area (Å²) in [4.78, 5) is 4.68. The molecule has 2 aliphatic carbocycles. The summed E-state index contributed by atoms with van der Waals surface area (Å²) in [6, 6.07) is 22.8. The number of aromatic nitrogens is 1. The Kier molecular flexibility index (Phi) is 5.91. The number of nitriles is 2. The lowest BCUT2D eigenvalue weighted by atomic mass is 10.0. The fourth-order valence-corrected chi connectivity index (χ4v) is 4.94. The van der Waals surface area contributed by atoms with Crippen LogP contribution in [0.5, 0.6) is 0 Å². The predicted molar refractivity (Wildman–Crippen MR) is 132 cm³/mol. The number of benzene rings is 1. The van der Waals surface area contributed by atoms with Crippen molar-refractivity contribution < 1.29 is 0 Å². The maximum Gasteiger partial charge on any atom is 0.165 e. The summed E-state index contributed by atoms with van der Waals surface area (Å²) >= 11 is 1.39. The molecule has 0 spiro atoms. The molecule has 4 rings (SSSR count). The molecule has 2 aromatic rings. The number of nitrogens with zero attached hydrogens (tertiary/aromatic N) is 3. The molecule has 4 heteroatoms. The van der Waals surface area contributed by atoms with Crippen molar-refractivity contribution >= 4 is 23.0 Å². The minimum Gasteiger partial charge on any atom is -0.234 e. The first-order chi connectivity index (χ1) is 15.4. The molecule has 0 unspecified atom stereocenters. The van der Waals surface area contributed by atoms with Crippen LogP contribution in [-0.4, -0.2) is 4.98 Å². The van der Waals surface area contributed by atoms with Crippen molar-refractivity contribution in [3.63, 3.8) is 0 Å². The lowest BCUT2D eigenvalue weighted by molar-refractivity contribution is 0.868. The summed E-state index contributed by atoms with van der Waals surface area (Å²) in [5, 5.41) is 18.7. The Morgan fingerprint density at radius 1 is 0.969 bits per heavy atom. The van der Waals surface area contributed by atoms with E-state index in [1.807, 2.05) is 42.5 Å². The van der Waals surface area contributed by atoms with E-state index in [-0.39, 0.29) is 5.57 Å². The number of aryl methyl sites for hydroxylation is 2. The molecule has 0 atom stereocenters. The van der Waals surface area contributed by atoms with Crippen molar-refractivity contribution in [3.8, 4) is 34.5 Å². The quantitative estimate of drug-likeness (QED) is 0.417. The van der Waals surface area contributed by atoms with Crippen LogP contribution in [0.3, 0.4) is 0 Å². The zero-order chi connectivity index (χ0) is 22.8. The summed E-state index contributed by atoms with van der Waals surface area (Å²) < 4.78 is 1.40. The number of rotatable bonds is 3. The zero-order valence-electron chi connectivity index (χ0n) is 18.6.